The third kappa shape index (κ3) is 4.06. The Balaban J connectivity index is 2.12. The number of hydrogen-bond donors (Lipinski definition) is 2. The minimum atomic E-state index is -3.59. The van der Waals surface area contributed by atoms with Gasteiger partial charge in [-0.25, -0.2) is 13.1 Å². The minimum absolute atomic E-state index is 0.156. The van der Waals surface area contributed by atoms with Crippen LogP contribution in [0.2, 0.25) is 0 Å². The van der Waals surface area contributed by atoms with Gasteiger partial charge < -0.3 is 14.4 Å². The molecule has 1 aromatic heterocycles. The standard InChI is InChI=1S/C14H24N2O4S/c1-4-20-14(2,3)10-15-21(18,19)13-7-12(9-17)16(8-13)11-5-6-11/h7-8,11,15,17H,4-6,9-10H2,1-3H3. The zero-order chi connectivity index (χ0) is 15.7. The molecule has 0 bridgehead atoms. The van der Waals surface area contributed by atoms with Gasteiger partial charge in [-0.05, 0) is 39.7 Å². The van der Waals surface area contributed by atoms with Crippen molar-refractivity contribution in [2.45, 2.75) is 56.8 Å². The molecule has 1 fully saturated rings. The largest absolute Gasteiger partial charge is 0.390 e. The van der Waals surface area contributed by atoms with Gasteiger partial charge in [0.2, 0.25) is 10.0 Å². The first-order chi connectivity index (χ1) is 9.79. The second kappa shape index (κ2) is 6.08. The summed E-state index contributed by atoms with van der Waals surface area (Å²) in [5.74, 6) is 0. The van der Waals surface area contributed by atoms with Gasteiger partial charge in [0.15, 0.2) is 0 Å². The Labute approximate surface area is 126 Å². The van der Waals surface area contributed by atoms with Crippen LogP contribution in [0.3, 0.4) is 0 Å². The Kier molecular flexibility index (Phi) is 4.77. The molecule has 120 valence electrons. The molecule has 21 heavy (non-hydrogen) atoms. The summed E-state index contributed by atoms with van der Waals surface area (Å²) in [7, 11) is -3.59. The molecule has 0 amide bonds. The third-order valence-corrected chi connectivity index (χ3v) is 4.91. The van der Waals surface area contributed by atoms with Crippen LogP contribution in [0.15, 0.2) is 17.2 Å². The number of sulfonamides is 1. The van der Waals surface area contributed by atoms with E-state index in [0.29, 0.717) is 18.3 Å². The lowest BCUT2D eigenvalue weighted by Crippen LogP contribution is -2.40. The molecule has 0 aromatic carbocycles. The lowest BCUT2D eigenvalue weighted by molar-refractivity contribution is -0.00515. The van der Waals surface area contributed by atoms with Gasteiger partial charge in [0.05, 0.1) is 17.1 Å². The molecular weight excluding hydrogens is 292 g/mol. The maximum Gasteiger partial charge on any atom is 0.242 e. The van der Waals surface area contributed by atoms with Gasteiger partial charge in [0, 0.05) is 31.1 Å². The number of ether oxygens (including phenoxy) is 1. The van der Waals surface area contributed by atoms with Crippen LogP contribution in [-0.2, 0) is 21.4 Å². The van der Waals surface area contributed by atoms with E-state index in [1.54, 1.807) is 6.20 Å². The Morgan fingerprint density at radius 2 is 2.14 bits per heavy atom. The van der Waals surface area contributed by atoms with Crippen molar-refractivity contribution >= 4 is 10.0 Å². The topological polar surface area (TPSA) is 80.6 Å². The van der Waals surface area contributed by atoms with Gasteiger partial charge in [0.25, 0.3) is 0 Å². The van der Waals surface area contributed by atoms with E-state index in [1.165, 1.54) is 6.07 Å². The molecule has 0 spiro atoms. The molecule has 0 radical (unpaired) electrons. The van der Waals surface area contributed by atoms with Crippen molar-refractivity contribution in [1.29, 1.82) is 0 Å². The summed E-state index contributed by atoms with van der Waals surface area (Å²) >= 11 is 0. The van der Waals surface area contributed by atoms with Crippen molar-refractivity contribution in [3.05, 3.63) is 18.0 Å². The molecule has 0 saturated heterocycles. The van der Waals surface area contributed by atoms with E-state index in [1.807, 2.05) is 25.3 Å². The maximum atomic E-state index is 12.3. The van der Waals surface area contributed by atoms with E-state index in [2.05, 4.69) is 4.72 Å². The fraction of sp³-hybridized carbons (Fsp3) is 0.714. The van der Waals surface area contributed by atoms with Gasteiger partial charge >= 0.3 is 0 Å². The van der Waals surface area contributed by atoms with Gasteiger partial charge in [-0.2, -0.15) is 0 Å². The third-order valence-electron chi connectivity index (χ3n) is 3.54. The number of aliphatic hydroxyl groups excluding tert-OH is 1. The van der Waals surface area contributed by atoms with Gasteiger partial charge in [-0.15, -0.1) is 0 Å². The van der Waals surface area contributed by atoms with Crippen molar-refractivity contribution in [3.8, 4) is 0 Å². The van der Waals surface area contributed by atoms with E-state index in [0.717, 1.165) is 12.8 Å². The second-order valence-corrected chi connectivity index (χ2v) is 7.75. The smallest absolute Gasteiger partial charge is 0.242 e. The molecule has 6 nitrogen and oxygen atoms in total. The summed E-state index contributed by atoms with van der Waals surface area (Å²) in [6.07, 6.45) is 3.68. The highest BCUT2D eigenvalue weighted by molar-refractivity contribution is 7.89. The molecule has 7 heteroatoms. The van der Waals surface area contributed by atoms with E-state index in [4.69, 9.17) is 4.74 Å². The number of aliphatic hydroxyl groups is 1. The molecule has 0 aliphatic heterocycles. The number of nitrogens with one attached hydrogen (secondary N) is 1. The predicted octanol–water partition coefficient (Wildman–Crippen LogP) is 1.41. The van der Waals surface area contributed by atoms with Crippen molar-refractivity contribution in [2.24, 2.45) is 0 Å². The van der Waals surface area contributed by atoms with Crippen LogP contribution >= 0.6 is 0 Å². The fourth-order valence-corrected chi connectivity index (χ4v) is 3.50. The molecule has 0 atom stereocenters. The number of hydrogen-bond acceptors (Lipinski definition) is 4. The minimum Gasteiger partial charge on any atom is -0.390 e. The molecule has 1 aliphatic rings. The highest BCUT2D eigenvalue weighted by atomic mass is 32.2. The monoisotopic (exact) mass is 316 g/mol. The van der Waals surface area contributed by atoms with E-state index in [-0.39, 0.29) is 18.0 Å². The highest BCUT2D eigenvalue weighted by Crippen LogP contribution is 2.37. The number of aromatic nitrogens is 1. The van der Waals surface area contributed by atoms with E-state index >= 15 is 0 Å². The molecule has 1 heterocycles. The van der Waals surface area contributed by atoms with Crippen LogP contribution in [0.1, 0.15) is 45.3 Å². The van der Waals surface area contributed by atoms with Gasteiger partial charge in [0.1, 0.15) is 0 Å². The normalized spacial score (nSPS) is 16.4. The SMILES string of the molecule is CCOC(C)(C)CNS(=O)(=O)c1cc(CO)n(C2CC2)c1. The zero-order valence-corrected chi connectivity index (χ0v) is 13.6. The van der Waals surface area contributed by atoms with Crippen LogP contribution in [0.25, 0.3) is 0 Å². The van der Waals surface area contributed by atoms with Crippen molar-refractivity contribution in [1.82, 2.24) is 9.29 Å². The summed E-state index contributed by atoms with van der Waals surface area (Å²) in [6, 6.07) is 1.87. The average molecular weight is 316 g/mol. The van der Waals surface area contributed by atoms with Crippen LogP contribution in [0.5, 0.6) is 0 Å². The predicted molar refractivity (Wildman–Crippen MR) is 79.5 cm³/mol. The summed E-state index contributed by atoms with van der Waals surface area (Å²) in [5.41, 5.74) is 0.0858. The molecule has 2 N–H and O–H groups in total. The average Bonchev–Trinajstić information content (AvgIpc) is 3.15. The van der Waals surface area contributed by atoms with Crippen LogP contribution < -0.4 is 4.72 Å². The molecule has 1 aliphatic carbocycles. The van der Waals surface area contributed by atoms with Gasteiger partial charge in [-0.1, -0.05) is 0 Å². The lowest BCUT2D eigenvalue weighted by atomic mass is 10.1. The van der Waals surface area contributed by atoms with Crippen LogP contribution in [0.4, 0.5) is 0 Å². The van der Waals surface area contributed by atoms with Crippen molar-refractivity contribution in [3.63, 3.8) is 0 Å². The lowest BCUT2D eigenvalue weighted by Gasteiger charge is -2.24. The Morgan fingerprint density at radius 1 is 1.48 bits per heavy atom. The second-order valence-electron chi connectivity index (χ2n) is 5.98. The maximum absolute atomic E-state index is 12.3. The summed E-state index contributed by atoms with van der Waals surface area (Å²) in [4.78, 5) is 0.200. The first-order valence-electron chi connectivity index (χ1n) is 7.24. The summed E-state index contributed by atoms with van der Waals surface area (Å²) in [5, 5.41) is 9.35. The van der Waals surface area contributed by atoms with Crippen molar-refractivity contribution in [2.75, 3.05) is 13.2 Å². The first kappa shape index (κ1) is 16.5. The molecule has 0 unspecified atom stereocenters. The highest BCUT2D eigenvalue weighted by Gasteiger charge is 2.29. The zero-order valence-electron chi connectivity index (χ0n) is 12.8. The Morgan fingerprint density at radius 3 is 2.67 bits per heavy atom. The van der Waals surface area contributed by atoms with Crippen molar-refractivity contribution < 1.29 is 18.3 Å². The molecule has 1 aromatic rings. The summed E-state index contributed by atoms with van der Waals surface area (Å²) < 4.78 is 34.6. The van der Waals surface area contributed by atoms with E-state index in [9.17, 15) is 13.5 Å². The quantitative estimate of drug-likeness (QED) is 0.760. The van der Waals surface area contributed by atoms with Gasteiger partial charge in [-0.3, -0.25) is 0 Å². The number of rotatable bonds is 8. The summed E-state index contributed by atoms with van der Waals surface area (Å²) in [6.45, 7) is 6.13. The Hall–Kier alpha value is -0.890. The first-order valence-corrected chi connectivity index (χ1v) is 8.72. The van der Waals surface area contributed by atoms with Crippen LogP contribution in [0, 0.1) is 0 Å². The Bertz CT molecular complexity index is 588. The molecule has 2 rings (SSSR count). The molecule has 1 saturated carbocycles. The van der Waals surface area contributed by atoms with E-state index < -0.39 is 15.6 Å². The molecular formula is C14H24N2O4S. The van der Waals surface area contributed by atoms with Crippen LogP contribution in [-0.4, -0.2) is 36.8 Å². The fourth-order valence-electron chi connectivity index (χ4n) is 2.26. The number of nitrogens with zero attached hydrogens (tertiary/aromatic N) is 1.